The third-order valence-corrected chi connectivity index (χ3v) is 7.19. The molecule has 3 rings (SSSR count). The van der Waals surface area contributed by atoms with Gasteiger partial charge in [0.05, 0.1) is 5.75 Å². The Labute approximate surface area is 137 Å². The predicted octanol–water partition coefficient (Wildman–Crippen LogP) is 0.863. The Morgan fingerprint density at radius 3 is 2.30 bits per heavy atom. The number of nitrogens with zero attached hydrogens (tertiary/aromatic N) is 3. The van der Waals surface area contributed by atoms with Crippen molar-refractivity contribution in [1.29, 1.82) is 0 Å². The summed E-state index contributed by atoms with van der Waals surface area (Å²) in [5.74, 6) is 0.150. The lowest BCUT2D eigenvalue weighted by Crippen LogP contribution is -2.50. The molecule has 3 aliphatic rings. The number of hydrogen-bond donors (Lipinski definition) is 0. The second-order valence-corrected chi connectivity index (χ2v) is 9.16. The molecule has 0 bridgehead atoms. The molecule has 0 aromatic rings. The van der Waals surface area contributed by atoms with Crippen molar-refractivity contribution in [3.05, 3.63) is 0 Å². The van der Waals surface area contributed by atoms with Gasteiger partial charge in [-0.1, -0.05) is 13.8 Å². The Morgan fingerprint density at radius 2 is 1.74 bits per heavy atom. The van der Waals surface area contributed by atoms with Crippen molar-refractivity contribution in [3.8, 4) is 0 Å². The van der Waals surface area contributed by atoms with Crippen molar-refractivity contribution >= 4 is 22.0 Å². The van der Waals surface area contributed by atoms with Crippen LogP contribution in [0.5, 0.6) is 0 Å². The van der Waals surface area contributed by atoms with Crippen LogP contribution in [0.1, 0.15) is 39.5 Å². The quantitative estimate of drug-likeness (QED) is 0.710. The fraction of sp³-hybridized carbons (Fsp3) is 0.867. The fourth-order valence-electron chi connectivity index (χ4n) is 3.89. The molecule has 3 aliphatic heterocycles. The highest BCUT2D eigenvalue weighted by Crippen LogP contribution is 2.31. The molecule has 3 saturated heterocycles. The number of amides is 3. The van der Waals surface area contributed by atoms with Crippen LogP contribution in [0, 0.1) is 5.92 Å². The topological polar surface area (TPSA) is 78.0 Å². The van der Waals surface area contributed by atoms with Gasteiger partial charge in [-0.05, 0) is 31.6 Å². The largest absolute Gasteiger partial charge is 0.327 e. The molecule has 3 heterocycles. The maximum atomic E-state index is 12.5. The van der Waals surface area contributed by atoms with E-state index < -0.39 is 10.0 Å². The van der Waals surface area contributed by atoms with Crippen LogP contribution in [-0.2, 0) is 14.8 Å². The van der Waals surface area contributed by atoms with Gasteiger partial charge in [0.25, 0.3) is 5.91 Å². The number of rotatable bonds is 4. The summed E-state index contributed by atoms with van der Waals surface area (Å²) in [6, 6.07) is -0.614. The number of imide groups is 1. The zero-order valence-corrected chi connectivity index (χ0v) is 14.6. The van der Waals surface area contributed by atoms with Gasteiger partial charge in [-0.2, -0.15) is 0 Å². The first kappa shape index (κ1) is 16.7. The SMILES string of the molecule is CC(C)CS(=O)(=O)N1CCC(N2C(=O)[C@H]3CCCN3C2=O)CC1. The van der Waals surface area contributed by atoms with E-state index in [1.807, 2.05) is 13.8 Å². The van der Waals surface area contributed by atoms with E-state index in [-0.39, 0.29) is 35.7 Å². The smallest absolute Gasteiger partial charge is 0.312 e. The molecule has 7 nitrogen and oxygen atoms in total. The molecule has 0 saturated carbocycles. The van der Waals surface area contributed by atoms with E-state index in [4.69, 9.17) is 0 Å². The van der Waals surface area contributed by atoms with E-state index >= 15 is 0 Å². The zero-order chi connectivity index (χ0) is 16.8. The second kappa shape index (κ2) is 6.05. The minimum Gasteiger partial charge on any atom is -0.312 e. The summed E-state index contributed by atoms with van der Waals surface area (Å²) < 4.78 is 26.1. The lowest BCUT2D eigenvalue weighted by molar-refractivity contribution is -0.129. The molecule has 0 aliphatic carbocycles. The molecule has 8 heteroatoms. The van der Waals surface area contributed by atoms with E-state index in [0.717, 1.165) is 12.8 Å². The minimum atomic E-state index is -3.24. The number of fused-ring (bicyclic) bond motifs is 1. The van der Waals surface area contributed by atoms with Crippen LogP contribution < -0.4 is 0 Å². The maximum Gasteiger partial charge on any atom is 0.327 e. The number of sulfonamides is 1. The van der Waals surface area contributed by atoms with Crippen LogP contribution in [-0.4, -0.2) is 71.9 Å². The first-order chi connectivity index (χ1) is 10.8. The summed E-state index contributed by atoms with van der Waals surface area (Å²) in [5, 5.41) is 0. The normalized spacial score (nSPS) is 27.3. The Kier molecular flexibility index (Phi) is 4.39. The standard InChI is InChI=1S/C15H25N3O4S/c1-11(2)10-23(21,22)16-8-5-12(6-9-16)18-14(19)13-4-3-7-17(13)15(18)20/h11-13H,3-10H2,1-2H3/t13-/m1/s1. The van der Waals surface area contributed by atoms with Crippen molar-refractivity contribution < 1.29 is 18.0 Å². The van der Waals surface area contributed by atoms with Crippen LogP contribution in [0.15, 0.2) is 0 Å². The van der Waals surface area contributed by atoms with Crippen LogP contribution in [0.25, 0.3) is 0 Å². The Morgan fingerprint density at radius 1 is 1.09 bits per heavy atom. The third kappa shape index (κ3) is 2.98. The van der Waals surface area contributed by atoms with Gasteiger partial charge in [-0.25, -0.2) is 17.5 Å². The van der Waals surface area contributed by atoms with Gasteiger partial charge in [0.2, 0.25) is 10.0 Å². The second-order valence-electron chi connectivity index (χ2n) is 7.14. The summed E-state index contributed by atoms with van der Waals surface area (Å²) >= 11 is 0. The first-order valence-electron chi connectivity index (χ1n) is 8.43. The molecule has 0 unspecified atom stereocenters. The summed E-state index contributed by atoms with van der Waals surface area (Å²) in [6.45, 7) is 5.22. The molecule has 0 aromatic heterocycles. The molecule has 0 spiro atoms. The van der Waals surface area contributed by atoms with Gasteiger partial charge >= 0.3 is 6.03 Å². The number of carbonyl (C=O) groups excluding carboxylic acids is 2. The monoisotopic (exact) mass is 343 g/mol. The Balaban J connectivity index is 1.64. The van der Waals surface area contributed by atoms with E-state index in [1.54, 1.807) is 4.90 Å². The summed E-state index contributed by atoms with van der Waals surface area (Å²) in [6.07, 6.45) is 2.72. The van der Waals surface area contributed by atoms with Crippen LogP contribution in [0.3, 0.4) is 0 Å². The average Bonchev–Trinajstić information content (AvgIpc) is 3.03. The van der Waals surface area contributed by atoms with Crippen molar-refractivity contribution in [2.45, 2.75) is 51.6 Å². The summed E-state index contributed by atoms with van der Waals surface area (Å²) in [4.78, 5) is 27.9. The van der Waals surface area contributed by atoms with Gasteiger partial charge in [0.1, 0.15) is 6.04 Å². The van der Waals surface area contributed by atoms with Crippen LogP contribution >= 0.6 is 0 Å². The maximum absolute atomic E-state index is 12.5. The van der Waals surface area contributed by atoms with Crippen molar-refractivity contribution in [1.82, 2.24) is 14.1 Å². The highest BCUT2D eigenvalue weighted by atomic mass is 32.2. The minimum absolute atomic E-state index is 0.0870. The molecular weight excluding hydrogens is 318 g/mol. The number of hydrogen-bond acceptors (Lipinski definition) is 4. The van der Waals surface area contributed by atoms with Gasteiger partial charge in [-0.15, -0.1) is 0 Å². The van der Waals surface area contributed by atoms with Crippen molar-refractivity contribution in [3.63, 3.8) is 0 Å². The molecule has 0 N–H and O–H groups in total. The Bertz CT molecular complexity index is 574. The van der Waals surface area contributed by atoms with Gasteiger partial charge in [0.15, 0.2) is 0 Å². The molecular formula is C15H25N3O4S. The van der Waals surface area contributed by atoms with Gasteiger partial charge < -0.3 is 4.90 Å². The Hall–Kier alpha value is -1.15. The molecule has 1 atom stereocenters. The molecule has 3 amide bonds. The predicted molar refractivity (Wildman–Crippen MR) is 85.2 cm³/mol. The fourth-order valence-corrected chi connectivity index (χ4v) is 5.71. The molecule has 0 aromatic carbocycles. The van der Waals surface area contributed by atoms with Crippen LogP contribution in [0.4, 0.5) is 4.79 Å². The molecule has 0 radical (unpaired) electrons. The third-order valence-electron chi connectivity index (χ3n) is 4.95. The molecule has 23 heavy (non-hydrogen) atoms. The summed E-state index contributed by atoms with van der Waals surface area (Å²) in [7, 11) is -3.24. The highest BCUT2D eigenvalue weighted by molar-refractivity contribution is 7.89. The highest BCUT2D eigenvalue weighted by Gasteiger charge is 2.50. The molecule has 130 valence electrons. The first-order valence-corrected chi connectivity index (χ1v) is 10.0. The van der Waals surface area contributed by atoms with Crippen molar-refractivity contribution in [2.75, 3.05) is 25.4 Å². The van der Waals surface area contributed by atoms with E-state index in [9.17, 15) is 18.0 Å². The lowest BCUT2D eigenvalue weighted by Gasteiger charge is -2.35. The van der Waals surface area contributed by atoms with E-state index in [0.29, 0.717) is 32.5 Å². The number of urea groups is 1. The number of piperidine rings is 1. The van der Waals surface area contributed by atoms with E-state index in [1.165, 1.54) is 9.21 Å². The molecule has 3 fully saturated rings. The van der Waals surface area contributed by atoms with Gasteiger partial charge in [-0.3, -0.25) is 9.69 Å². The van der Waals surface area contributed by atoms with Crippen molar-refractivity contribution in [2.24, 2.45) is 5.92 Å². The lowest BCUT2D eigenvalue weighted by atomic mass is 10.0. The van der Waals surface area contributed by atoms with E-state index in [2.05, 4.69) is 0 Å². The zero-order valence-electron chi connectivity index (χ0n) is 13.8. The van der Waals surface area contributed by atoms with Crippen LogP contribution in [0.2, 0.25) is 0 Å². The number of carbonyl (C=O) groups is 2. The summed E-state index contributed by atoms with van der Waals surface area (Å²) in [5.41, 5.74) is 0. The van der Waals surface area contributed by atoms with Gasteiger partial charge in [0, 0.05) is 25.7 Å². The average molecular weight is 343 g/mol.